The summed E-state index contributed by atoms with van der Waals surface area (Å²) in [5.74, 6) is -0.125. The molecule has 1 aliphatic rings. The third-order valence-corrected chi connectivity index (χ3v) is 4.20. The standard InChI is InChI=1S/C15H21N3O2/c1-3-15(4-2)10-17-14(20)18(13(15)19)12-7-5-6-11(8-12)9-16/h5-8H,3-4,9-10,16H2,1-2H3,(H,17,20). The van der Waals surface area contributed by atoms with E-state index >= 15 is 0 Å². The zero-order valence-corrected chi connectivity index (χ0v) is 12.0. The molecule has 3 N–H and O–H groups in total. The highest BCUT2D eigenvalue weighted by Crippen LogP contribution is 2.33. The Morgan fingerprint density at radius 2 is 2.00 bits per heavy atom. The van der Waals surface area contributed by atoms with E-state index in [1.807, 2.05) is 26.0 Å². The van der Waals surface area contributed by atoms with Crippen LogP contribution in [0, 0.1) is 5.41 Å². The molecule has 0 bridgehead atoms. The number of benzene rings is 1. The summed E-state index contributed by atoms with van der Waals surface area (Å²) in [4.78, 5) is 26.1. The summed E-state index contributed by atoms with van der Waals surface area (Å²) in [6.45, 7) is 4.75. The Hall–Kier alpha value is -1.88. The first-order chi connectivity index (χ1) is 9.57. The Balaban J connectivity index is 2.41. The molecule has 0 radical (unpaired) electrons. The third kappa shape index (κ3) is 2.29. The fourth-order valence-electron chi connectivity index (χ4n) is 2.59. The van der Waals surface area contributed by atoms with E-state index in [1.165, 1.54) is 4.90 Å². The Morgan fingerprint density at radius 1 is 1.30 bits per heavy atom. The zero-order chi connectivity index (χ0) is 14.8. The summed E-state index contributed by atoms with van der Waals surface area (Å²) in [5, 5.41) is 2.83. The van der Waals surface area contributed by atoms with Crippen LogP contribution < -0.4 is 16.0 Å². The summed E-state index contributed by atoms with van der Waals surface area (Å²) >= 11 is 0. The lowest BCUT2D eigenvalue weighted by atomic mass is 9.79. The van der Waals surface area contributed by atoms with Crippen LogP contribution >= 0.6 is 0 Å². The number of carbonyl (C=O) groups excluding carboxylic acids is 2. The van der Waals surface area contributed by atoms with Gasteiger partial charge in [0.2, 0.25) is 5.91 Å². The van der Waals surface area contributed by atoms with Crippen molar-refractivity contribution in [1.29, 1.82) is 0 Å². The van der Waals surface area contributed by atoms with Gasteiger partial charge in [0.05, 0.1) is 11.1 Å². The highest BCUT2D eigenvalue weighted by atomic mass is 16.2. The minimum absolute atomic E-state index is 0.125. The van der Waals surface area contributed by atoms with E-state index in [2.05, 4.69) is 5.32 Å². The maximum Gasteiger partial charge on any atom is 0.328 e. The molecule has 1 aliphatic heterocycles. The van der Waals surface area contributed by atoms with E-state index in [-0.39, 0.29) is 11.9 Å². The molecule has 3 amide bonds. The predicted octanol–water partition coefficient (Wildman–Crippen LogP) is 2.01. The average molecular weight is 275 g/mol. The van der Waals surface area contributed by atoms with Crippen LogP contribution in [0.1, 0.15) is 32.3 Å². The van der Waals surface area contributed by atoms with Crippen LogP contribution in [0.15, 0.2) is 24.3 Å². The molecule has 2 rings (SSSR count). The molecule has 0 unspecified atom stereocenters. The molecule has 0 aliphatic carbocycles. The number of nitrogens with two attached hydrogens (primary N) is 1. The van der Waals surface area contributed by atoms with Crippen LogP contribution in [0.2, 0.25) is 0 Å². The van der Waals surface area contributed by atoms with Gasteiger partial charge in [0.1, 0.15) is 0 Å². The van der Waals surface area contributed by atoms with Crippen molar-refractivity contribution in [2.75, 3.05) is 11.4 Å². The number of hydrogen-bond acceptors (Lipinski definition) is 3. The van der Waals surface area contributed by atoms with Crippen molar-refractivity contribution in [3.05, 3.63) is 29.8 Å². The molecular formula is C15H21N3O2. The molecule has 108 valence electrons. The fourth-order valence-corrected chi connectivity index (χ4v) is 2.59. The molecule has 0 spiro atoms. The van der Waals surface area contributed by atoms with Gasteiger partial charge in [0.15, 0.2) is 0 Å². The highest BCUT2D eigenvalue weighted by Gasteiger charge is 2.45. The molecule has 5 nitrogen and oxygen atoms in total. The van der Waals surface area contributed by atoms with Crippen LogP contribution in [-0.4, -0.2) is 18.5 Å². The smallest absolute Gasteiger partial charge is 0.328 e. The first-order valence-corrected chi connectivity index (χ1v) is 6.99. The number of rotatable bonds is 4. The number of carbonyl (C=O) groups is 2. The average Bonchev–Trinajstić information content (AvgIpc) is 2.49. The van der Waals surface area contributed by atoms with Crippen molar-refractivity contribution in [1.82, 2.24) is 5.32 Å². The Labute approximate surface area is 119 Å². The minimum Gasteiger partial charge on any atom is -0.336 e. The summed E-state index contributed by atoms with van der Waals surface area (Å²) in [5.41, 5.74) is 6.59. The summed E-state index contributed by atoms with van der Waals surface area (Å²) < 4.78 is 0. The predicted molar refractivity (Wildman–Crippen MR) is 78.2 cm³/mol. The number of amides is 3. The van der Waals surface area contributed by atoms with Crippen LogP contribution in [-0.2, 0) is 11.3 Å². The van der Waals surface area contributed by atoms with Gasteiger partial charge in [-0.05, 0) is 30.5 Å². The van der Waals surface area contributed by atoms with E-state index < -0.39 is 5.41 Å². The lowest BCUT2D eigenvalue weighted by molar-refractivity contribution is -0.128. The minimum atomic E-state index is -0.507. The van der Waals surface area contributed by atoms with Crippen molar-refractivity contribution in [2.24, 2.45) is 11.1 Å². The van der Waals surface area contributed by atoms with Gasteiger partial charge in [-0.25, -0.2) is 9.69 Å². The van der Waals surface area contributed by atoms with Crippen molar-refractivity contribution >= 4 is 17.6 Å². The quantitative estimate of drug-likeness (QED) is 0.882. The molecule has 0 atom stereocenters. The molecule has 1 aromatic carbocycles. The molecule has 1 heterocycles. The monoisotopic (exact) mass is 275 g/mol. The van der Waals surface area contributed by atoms with Crippen molar-refractivity contribution in [2.45, 2.75) is 33.2 Å². The van der Waals surface area contributed by atoms with Crippen LogP contribution in [0.5, 0.6) is 0 Å². The van der Waals surface area contributed by atoms with Crippen molar-refractivity contribution < 1.29 is 9.59 Å². The molecule has 0 aromatic heterocycles. The molecule has 0 saturated carbocycles. The molecule has 5 heteroatoms. The van der Waals surface area contributed by atoms with E-state index in [4.69, 9.17) is 5.73 Å². The Bertz CT molecular complexity index is 524. The van der Waals surface area contributed by atoms with Gasteiger partial charge in [-0.2, -0.15) is 0 Å². The van der Waals surface area contributed by atoms with Crippen molar-refractivity contribution in [3.63, 3.8) is 0 Å². The SMILES string of the molecule is CCC1(CC)CNC(=O)N(c2cccc(CN)c2)C1=O. The fraction of sp³-hybridized carbons (Fsp3) is 0.467. The Morgan fingerprint density at radius 3 is 2.60 bits per heavy atom. The molecule has 1 fully saturated rings. The second-order valence-electron chi connectivity index (χ2n) is 5.16. The maximum atomic E-state index is 12.8. The van der Waals surface area contributed by atoms with Gasteiger partial charge in [-0.15, -0.1) is 0 Å². The van der Waals surface area contributed by atoms with Crippen LogP contribution in [0.25, 0.3) is 0 Å². The van der Waals surface area contributed by atoms with E-state index in [0.29, 0.717) is 31.6 Å². The molecule has 20 heavy (non-hydrogen) atoms. The summed E-state index contributed by atoms with van der Waals surface area (Å²) in [6.07, 6.45) is 1.41. The van der Waals surface area contributed by atoms with E-state index in [0.717, 1.165) is 5.56 Å². The molecular weight excluding hydrogens is 254 g/mol. The maximum absolute atomic E-state index is 12.8. The Kier molecular flexibility index (Phi) is 4.09. The van der Waals surface area contributed by atoms with Gasteiger partial charge in [0.25, 0.3) is 0 Å². The van der Waals surface area contributed by atoms with Gasteiger partial charge in [-0.3, -0.25) is 4.79 Å². The summed E-state index contributed by atoms with van der Waals surface area (Å²) in [7, 11) is 0. The van der Waals surface area contributed by atoms with E-state index in [9.17, 15) is 9.59 Å². The number of anilines is 1. The molecule has 1 aromatic rings. The highest BCUT2D eigenvalue weighted by molar-refractivity contribution is 6.18. The first-order valence-electron chi connectivity index (χ1n) is 6.99. The second kappa shape index (κ2) is 5.63. The lowest BCUT2D eigenvalue weighted by Crippen LogP contribution is -2.60. The lowest BCUT2D eigenvalue weighted by Gasteiger charge is -2.40. The second-order valence-corrected chi connectivity index (χ2v) is 5.16. The number of hydrogen-bond donors (Lipinski definition) is 2. The third-order valence-electron chi connectivity index (χ3n) is 4.20. The topological polar surface area (TPSA) is 75.4 Å². The normalized spacial score (nSPS) is 18.1. The summed E-state index contributed by atoms with van der Waals surface area (Å²) in [6, 6.07) is 6.88. The van der Waals surface area contributed by atoms with Gasteiger partial charge in [-0.1, -0.05) is 26.0 Å². The number of nitrogens with zero attached hydrogens (tertiary/aromatic N) is 1. The number of imide groups is 1. The first kappa shape index (κ1) is 14.5. The number of urea groups is 1. The van der Waals surface area contributed by atoms with Gasteiger partial charge < -0.3 is 11.1 Å². The molecule has 1 saturated heterocycles. The van der Waals surface area contributed by atoms with Crippen molar-refractivity contribution in [3.8, 4) is 0 Å². The van der Waals surface area contributed by atoms with Gasteiger partial charge in [0, 0.05) is 13.1 Å². The van der Waals surface area contributed by atoms with Gasteiger partial charge >= 0.3 is 6.03 Å². The van der Waals surface area contributed by atoms with E-state index in [1.54, 1.807) is 12.1 Å². The van der Waals surface area contributed by atoms with Crippen LogP contribution in [0.3, 0.4) is 0 Å². The zero-order valence-electron chi connectivity index (χ0n) is 12.0. The largest absolute Gasteiger partial charge is 0.336 e. The van der Waals surface area contributed by atoms with Crippen LogP contribution in [0.4, 0.5) is 10.5 Å². The number of nitrogens with one attached hydrogen (secondary N) is 1.